The molecule has 1 N–H and O–H groups in total. The van der Waals surface area contributed by atoms with Crippen molar-refractivity contribution in [3.05, 3.63) is 35.6 Å². The number of carbonyl (C=O) groups excluding carboxylic acids is 1. The summed E-state index contributed by atoms with van der Waals surface area (Å²) in [6.45, 7) is 7.04. The van der Waals surface area contributed by atoms with Crippen LogP contribution in [0.2, 0.25) is 0 Å². The van der Waals surface area contributed by atoms with Crippen LogP contribution in [0.5, 0.6) is 0 Å². The minimum absolute atomic E-state index is 0.205. The summed E-state index contributed by atoms with van der Waals surface area (Å²) in [5.41, 5.74) is 0.967. The van der Waals surface area contributed by atoms with Crippen LogP contribution < -0.4 is 5.32 Å². The van der Waals surface area contributed by atoms with Crippen LogP contribution >= 0.6 is 0 Å². The fourth-order valence-electron chi connectivity index (χ4n) is 3.42. The molecule has 0 aromatic heterocycles. The number of hydrogen-bond acceptors (Lipinski definition) is 2. The minimum Gasteiger partial charge on any atom is -0.340 e. The van der Waals surface area contributed by atoms with E-state index in [0.29, 0.717) is 12.5 Å². The van der Waals surface area contributed by atoms with Crippen LogP contribution in [0.15, 0.2) is 24.3 Å². The van der Waals surface area contributed by atoms with E-state index < -0.39 is 0 Å². The third kappa shape index (κ3) is 5.61. The zero-order chi connectivity index (χ0) is 16.7. The number of halogens is 1. The number of rotatable bonds is 7. The number of nitrogens with one attached hydrogen (secondary N) is 1. The maximum atomic E-state index is 13.3. The minimum atomic E-state index is -0.205. The number of hydrogen-bond donors (Lipinski definition) is 1. The lowest BCUT2D eigenvalue weighted by Crippen LogP contribution is -2.46. The maximum absolute atomic E-state index is 13.3. The van der Waals surface area contributed by atoms with Crippen LogP contribution in [0, 0.1) is 11.7 Å². The number of amides is 1. The van der Waals surface area contributed by atoms with Gasteiger partial charge in [0.25, 0.3) is 0 Å². The Morgan fingerprint density at radius 2 is 2.13 bits per heavy atom. The maximum Gasteiger partial charge on any atom is 0.223 e. The lowest BCUT2D eigenvalue weighted by atomic mass is 9.96. The third-order valence-corrected chi connectivity index (χ3v) is 4.53. The van der Waals surface area contributed by atoms with Crippen LogP contribution in [0.3, 0.4) is 0 Å². The van der Waals surface area contributed by atoms with E-state index in [2.05, 4.69) is 24.1 Å². The monoisotopic (exact) mass is 320 g/mol. The molecule has 1 atom stereocenters. The van der Waals surface area contributed by atoms with Gasteiger partial charge in [0.1, 0.15) is 5.82 Å². The Morgan fingerprint density at radius 1 is 1.39 bits per heavy atom. The Kier molecular flexibility index (Phi) is 7.03. The van der Waals surface area contributed by atoms with Crippen LogP contribution in [-0.4, -0.2) is 36.5 Å². The number of piperidine rings is 1. The second-order valence-electron chi connectivity index (χ2n) is 6.71. The SMILES string of the molecule is CCCN(C(=O)CC(C)Cc1cccc(F)c1)C1CCNCC1. The molecule has 1 aromatic carbocycles. The van der Waals surface area contributed by atoms with E-state index in [1.807, 2.05) is 6.07 Å². The molecule has 1 saturated heterocycles. The van der Waals surface area contributed by atoms with Gasteiger partial charge in [-0.2, -0.15) is 0 Å². The molecule has 1 aliphatic rings. The highest BCUT2D eigenvalue weighted by molar-refractivity contribution is 5.76. The zero-order valence-electron chi connectivity index (χ0n) is 14.4. The summed E-state index contributed by atoms with van der Waals surface area (Å²) in [7, 11) is 0. The summed E-state index contributed by atoms with van der Waals surface area (Å²) in [5.74, 6) is 0.274. The molecule has 1 aliphatic heterocycles. The fraction of sp³-hybridized carbons (Fsp3) is 0.632. The van der Waals surface area contributed by atoms with Crippen molar-refractivity contribution >= 4 is 5.91 Å². The predicted molar refractivity (Wildman–Crippen MR) is 91.8 cm³/mol. The molecule has 4 heteroatoms. The van der Waals surface area contributed by atoms with Gasteiger partial charge in [0, 0.05) is 19.0 Å². The quantitative estimate of drug-likeness (QED) is 0.835. The highest BCUT2D eigenvalue weighted by Crippen LogP contribution is 2.18. The fourth-order valence-corrected chi connectivity index (χ4v) is 3.42. The van der Waals surface area contributed by atoms with Crippen LogP contribution in [0.4, 0.5) is 4.39 Å². The molecule has 1 aromatic rings. The molecular weight excluding hydrogens is 291 g/mol. The highest BCUT2D eigenvalue weighted by atomic mass is 19.1. The Hall–Kier alpha value is -1.42. The van der Waals surface area contributed by atoms with Gasteiger partial charge < -0.3 is 10.2 Å². The number of nitrogens with zero attached hydrogens (tertiary/aromatic N) is 1. The van der Waals surface area contributed by atoms with Crippen molar-refractivity contribution in [3.63, 3.8) is 0 Å². The molecule has 0 spiro atoms. The zero-order valence-corrected chi connectivity index (χ0v) is 14.4. The van der Waals surface area contributed by atoms with Crippen molar-refractivity contribution in [1.29, 1.82) is 0 Å². The molecule has 0 aliphatic carbocycles. The lowest BCUT2D eigenvalue weighted by molar-refractivity contribution is -0.135. The van der Waals surface area contributed by atoms with E-state index in [4.69, 9.17) is 0 Å². The summed E-state index contributed by atoms with van der Waals surface area (Å²) in [4.78, 5) is 14.8. The Balaban J connectivity index is 1.91. The molecule has 128 valence electrons. The summed E-state index contributed by atoms with van der Waals surface area (Å²) in [6, 6.07) is 7.07. The standard InChI is InChI=1S/C19H29FN2O/c1-3-11-22(18-7-9-21-10-8-18)19(23)13-15(2)12-16-5-4-6-17(20)14-16/h4-6,14-15,18,21H,3,7-13H2,1-2H3. The molecule has 0 radical (unpaired) electrons. The van der Waals surface area contributed by atoms with E-state index in [0.717, 1.165) is 50.9 Å². The molecule has 0 saturated carbocycles. The third-order valence-electron chi connectivity index (χ3n) is 4.53. The first-order valence-corrected chi connectivity index (χ1v) is 8.84. The second kappa shape index (κ2) is 9.02. The van der Waals surface area contributed by atoms with Crippen molar-refractivity contribution in [2.24, 2.45) is 5.92 Å². The smallest absolute Gasteiger partial charge is 0.223 e. The molecule has 23 heavy (non-hydrogen) atoms. The van der Waals surface area contributed by atoms with Gasteiger partial charge in [0.15, 0.2) is 0 Å². The average Bonchev–Trinajstić information content (AvgIpc) is 2.53. The van der Waals surface area contributed by atoms with Gasteiger partial charge in [-0.05, 0) is 62.4 Å². The Morgan fingerprint density at radius 3 is 2.78 bits per heavy atom. The first kappa shape index (κ1) is 17.9. The Labute approximate surface area is 139 Å². The summed E-state index contributed by atoms with van der Waals surface area (Å²) in [5, 5.41) is 3.36. The van der Waals surface area contributed by atoms with Gasteiger partial charge in [-0.25, -0.2) is 4.39 Å². The van der Waals surface area contributed by atoms with Crippen molar-refractivity contribution in [1.82, 2.24) is 10.2 Å². The van der Waals surface area contributed by atoms with E-state index in [9.17, 15) is 9.18 Å². The first-order valence-electron chi connectivity index (χ1n) is 8.84. The first-order chi connectivity index (χ1) is 11.1. The molecule has 0 bridgehead atoms. The van der Waals surface area contributed by atoms with E-state index in [1.54, 1.807) is 12.1 Å². The molecule has 1 unspecified atom stereocenters. The number of benzene rings is 1. The molecule has 2 rings (SSSR count). The second-order valence-corrected chi connectivity index (χ2v) is 6.71. The van der Waals surface area contributed by atoms with E-state index >= 15 is 0 Å². The Bertz CT molecular complexity index is 500. The summed E-state index contributed by atoms with van der Waals surface area (Å²) < 4.78 is 13.3. The van der Waals surface area contributed by atoms with Gasteiger partial charge in [-0.1, -0.05) is 26.0 Å². The number of carbonyl (C=O) groups is 1. The van der Waals surface area contributed by atoms with Gasteiger partial charge in [-0.15, -0.1) is 0 Å². The summed E-state index contributed by atoms with van der Waals surface area (Å²) in [6.07, 6.45) is 4.37. The largest absolute Gasteiger partial charge is 0.340 e. The van der Waals surface area contributed by atoms with Crippen molar-refractivity contribution < 1.29 is 9.18 Å². The van der Waals surface area contributed by atoms with Gasteiger partial charge in [0.2, 0.25) is 5.91 Å². The van der Waals surface area contributed by atoms with Crippen LogP contribution in [0.25, 0.3) is 0 Å². The highest BCUT2D eigenvalue weighted by Gasteiger charge is 2.25. The van der Waals surface area contributed by atoms with E-state index in [1.165, 1.54) is 6.07 Å². The van der Waals surface area contributed by atoms with Gasteiger partial charge >= 0.3 is 0 Å². The topological polar surface area (TPSA) is 32.3 Å². The molecule has 1 fully saturated rings. The van der Waals surface area contributed by atoms with Crippen molar-refractivity contribution in [2.45, 2.75) is 52.0 Å². The molecule has 1 amide bonds. The van der Waals surface area contributed by atoms with Gasteiger partial charge in [-0.3, -0.25) is 4.79 Å². The summed E-state index contributed by atoms with van der Waals surface area (Å²) >= 11 is 0. The van der Waals surface area contributed by atoms with Crippen molar-refractivity contribution in [3.8, 4) is 0 Å². The van der Waals surface area contributed by atoms with Gasteiger partial charge in [0.05, 0.1) is 0 Å². The lowest BCUT2D eigenvalue weighted by Gasteiger charge is -2.35. The normalized spacial score (nSPS) is 17.0. The molecule has 1 heterocycles. The van der Waals surface area contributed by atoms with Crippen molar-refractivity contribution in [2.75, 3.05) is 19.6 Å². The molecular formula is C19H29FN2O. The molecule has 3 nitrogen and oxygen atoms in total. The average molecular weight is 320 g/mol. The van der Waals surface area contributed by atoms with E-state index in [-0.39, 0.29) is 17.6 Å². The van der Waals surface area contributed by atoms with Crippen LogP contribution in [0.1, 0.15) is 45.1 Å². The predicted octanol–water partition coefficient (Wildman–Crippen LogP) is 3.39. The van der Waals surface area contributed by atoms with Crippen LogP contribution in [-0.2, 0) is 11.2 Å².